The van der Waals surface area contributed by atoms with Gasteiger partial charge in [-0.3, -0.25) is 0 Å². The predicted octanol–water partition coefficient (Wildman–Crippen LogP) is 4.27. The van der Waals surface area contributed by atoms with Gasteiger partial charge in [0.1, 0.15) is 5.75 Å². The Hall–Kier alpha value is -1.68. The van der Waals surface area contributed by atoms with Crippen molar-refractivity contribution in [1.82, 2.24) is 10.2 Å². The lowest BCUT2D eigenvalue weighted by atomic mass is 9.89. The minimum Gasteiger partial charge on any atom is -0.495 e. The van der Waals surface area contributed by atoms with E-state index in [4.69, 9.17) is 10.5 Å². The van der Waals surface area contributed by atoms with Gasteiger partial charge in [-0.2, -0.15) is 0 Å². The molecule has 4 nitrogen and oxygen atoms in total. The fourth-order valence-electron chi connectivity index (χ4n) is 3.87. The van der Waals surface area contributed by atoms with Gasteiger partial charge in [0.15, 0.2) is 0 Å². The SMILES string of the molecule is C=C(NC1CCC(N(CCC)CCC)CC1)c1ccc(N)c(OC)c1. The van der Waals surface area contributed by atoms with E-state index in [1.807, 2.05) is 18.2 Å². The maximum absolute atomic E-state index is 5.90. The maximum atomic E-state index is 5.90. The molecule has 0 spiro atoms. The summed E-state index contributed by atoms with van der Waals surface area (Å²) in [6.45, 7) is 11.2. The molecule has 0 bridgehead atoms. The van der Waals surface area contributed by atoms with Crippen LogP contribution in [0.1, 0.15) is 57.9 Å². The molecule has 1 fully saturated rings. The Morgan fingerprint density at radius 3 is 2.40 bits per heavy atom. The summed E-state index contributed by atoms with van der Waals surface area (Å²) in [5, 5.41) is 3.62. The van der Waals surface area contributed by atoms with Gasteiger partial charge in [0.25, 0.3) is 0 Å². The summed E-state index contributed by atoms with van der Waals surface area (Å²) >= 11 is 0. The van der Waals surface area contributed by atoms with Crippen LogP contribution in [0.3, 0.4) is 0 Å². The molecule has 0 heterocycles. The minimum absolute atomic E-state index is 0.511. The Bertz CT molecular complexity index is 544. The second-order valence-corrected chi connectivity index (χ2v) is 7.12. The third-order valence-corrected chi connectivity index (χ3v) is 5.20. The molecule has 0 aliphatic heterocycles. The van der Waals surface area contributed by atoms with Crippen LogP contribution in [-0.4, -0.2) is 37.2 Å². The monoisotopic (exact) mass is 345 g/mol. The molecule has 1 aromatic rings. The van der Waals surface area contributed by atoms with E-state index in [0.29, 0.717) is 17.5 Å². The highest BCUT2D eigenvalue weighted by Crippen LogP contribution is 2.28. The molecule has 0 unspecified atom stereocenters. The first-order valence-electron chi connectivity index (χ1n) is 9.72. The first-order chi connectivity index (χ1) is 12.1. The van der Waals surface area contributed by atoms with Crippen LogP contribution in [0.2, 0.25) is 0 Å². The van der Waals surface area contributed by atoms with Crippen molar-refractivity contribution in [2.45, 2.75) is 64.5 Å². The molecule has 25 heavy (non-hydrogen) atoms. The van der Waals surface area contributed by atoms with Crippen LogP contribution in [0.15, 0.2) is 24.8 Å². The van der Waals surface area contributed by atoms with E-state index < -0.39 is 0 Å². The number of benzene rings is 1. The largest absolute Gasteiger partial charge is 0.495 e. The Balaban J connectivity index is 1.88. The van der Waals surface area contributed by atoms with Gasteiger partial charge in [-0.05, 0) is 63.7 Å². The van der Waals surface area contributed by atoms with Gasteiger partial charge in [-0.25, -0.2) is 0 Å². The molecular formula is C21H35N3O. The molecule has 1 aliphatic rings. The Kier molecular flexibility index (Phi) is 7.63. The van der Waals surface area contributed by atoms with Crippen LogP contribution in [0.5, 0.6) is 5.75 Å². The first-order valence-corrected chi connectivity index (χ1v) is 9.72. The number of methoxy groups -OCH3 is 1. The highest BCUT2D eigenvalue weighted by atomic mass is 16.5. The lowest BCUT2D eigenvalue weighted by Crippen LogP contribution is -2.42. The summed E-state index contributed by atoms with van der Waals surface area (Å²) in [4.78, 5) is 2.69. The molecule has 1 aliphatic carbocycles. The summed E-state index contributed by atoms with van der Waals surface area (Å²) in [7, 11) is 1.64. The van der Waals surface area contributed by atoms with E-state index in [-0.39, 0.29) is 0 Å². The number of nitrogen functional groups attached to an aromatic ring is 1. The van der Waals surface area contributed by atoms with Crippen molar-refractivity contribution in [3.05, 3.63) is 30.3 Å². The zero-order valence-corrected chi connectivity index (χ0v) is 16.2. The fourth-order valence-corrected chi connectivity index (χ4v) is 3.87. The van der Waals surface area contributed by atoms with Gasteiger partial charge < -0.3 is 20.7 Å². The normalized spacial score (nSPS) is 20.5. The van der Waals surface area contributed by atoms with E-state index in [9.17, 15) is 0 Å². The lowest BCUT2D eigenvalue weighted by molar-refractivity contribution is 0.146. The van der Waals surface area contributed by atoms with Gasteiger partial charge >= 0.3 is 0 Å². The molecule has 0 saturated heterocycles. The van der Waals surface area contributed by atoms with Crippen molar-refractivity contribution in [3.8, 4) is 5.75 Å². The number of ether oxygens (including phenoxy) is 1. The molecule has 140 valence electrons. The number of hydrogen-bond donors (Lipinski definition) is 2. The number of anilines is 1. The average molecular weight is 346 g/mol. The Morgan fingerprint density at radius 1 is 1.20 bits per heavy atom. The molecule has 0 aromatic heterocycles. The second-order valence-electron chi connectivity index (χ2n) is 7.12. The zero-order chi connectivity index (χ0) is 18.2. The van der Waals surface area contributed by atoms with E-state index in [1.54, 1.807) is 7.11 Å². The summed E-state index contributed by atoms with van der Waals surface area (Å²) in [6, 6.07) is 7.11. The van der Waals surface area contributed by atoms with Crippen LogP contribution in [-0.2, 0) is 0 Å². The number of nitrogens with two attached hydrogens (primary N) is 1. The van der Waals surface area contributed by atoms with Crippen molar-refractivity contribution < 1.29 is 4.74 Å². The summed E-state index contributed by atoms with van der Waals surface area (Å²) in [5.74, 6) is 0.707. The van der Waals surface area contributed by atoms with Gasteiger partial charge in [-0.15, -0.1) is 0 Å². The first kappa shape index (κ1) is 19.6. The molecular weight excluding hydrogens is 310 g/mol. The number of nitrogens with zero attached hydrogens (tertiary/aromatic N) is 1. The van der Waals surface area contributed by atoms with Crippen molar-refractivity contribution in [2.75, 3.05) is 25.9 Å². The quantitative estimate of drug-likeness (QED) is 0.656. The van der Waals surface area contributed by atoms with Crippen LogP contribution in [0, 0.1) is 0 Å². The molecule has 0 amide bonds. The van der Waals surface area contributed by atoms with E-state index >= 15 is 0 Å². The topological polar surface area (TPSA) is 50.5 Å². The van der Waals surface area contributed by atoms with Crippen LogP contribution < -0.4 is 15.8 Å². The van der Waals surface area contributed by atoms with Crippen LogP contribution >= 0.6 is 0 Å². The van der Waals surface area contributed by atoms with Gasteiger partial charge in [-0.1, -0.05) is 26.5 Å². The molecule has 1 aromatic carbocycles. The van der Waals surface area contributed by atoms with Gasteiger partial charge in [0.05, 0.1) is 12.8 Å². The highest BCUT2D eigenvalue weighted by Gasteiger charge is 2.25. The van der Waals surface area contributed by atoms with Gasteiger partial charge in [0, 0.05) is 23.3 Å². The number of nitrogens with one attached hydrogen (secondary N) is 1. The van der Waals surface area contributed by atoms with E-state index in [1.165, 1.54) is 51.6 Å². The van der Waals surface area contributed by atoms with Crippen LogP contribution in [0.25, 0.3) is 5.70 Å². The zero-order valence-electron chi connectivity index (χ0n) is 16.2. The molecule has 4 heteroatoms. The smallest absolute Gasteiger partial charge is 0.142 e. The Morgan fingerprint density at radius 2 is 1.84 bits per heavy atom. The number of rotatable bonds is 9. The van der Waals surface area contributed by atoms with Crippen molar-refractivity contribution in [1.29, 1.82) is 0 Å². The standard InChI is InChI=1S/C21H35N3O/c1-5-13-24(14-6-2)19-10-8-18(9-11-19)23-16(3)17-7-12-20(22)21(15-17)25-4/h7,12,15,18-19,23H,3,5-6,8-11,13-14,22H2,1-2,4H3. The van der Waals surface area contributed by atoms with E-state index in [0.717, 1.165) is 17.3 Å². The summed E-state index contributed by atoms with van der Waals surface area (Å²) in [5.41, 5.74) is 8.56. The van der Waals surface area contributed by atoms with Gasteiger partial charge in [0.2, 0.25) is 0 Å². The van der Waals surface area contributed by atoms with Crippen molar-refractivity contribution >= 4 is 11.4 Å². The fraction of sp³-hybridized carbons (Fsp3) is 0.619. The lowest BCUT2D eigenvalue weighted by Gasteiger charge is -2.37. The molecule has 2 rings (SSSR count). The Labute approximate surface area is 153 Å². The van der Waals surface area contributed by atoms with Crippen LogP contribution in [0.4, 0.5) is 5.69 Å². The van der Waals surface area contributed by atoms with E-state index in [2.05, 4.69) is 30.6 Å². The summed E-state index contributed by atoms with van der Waals surface area (Å²) in [6.07, 6.45) is 7.45. The summed E-state index contributed by atoms with van der Waals surface area (Å²) < 4.78 is 5.31. The molecule has 3 N–H and O–H groups in total. The minimum atomic E-state index is 0.511. The second kappa shape index (κ2) is 9.71. The van der Waals surface area contributed by atoms with Crippen molar-refractivity contribution in [3.63, 3.8) is 0 Å². The third kappa shape index (κ3) is 5.40. The molecule has 0 radical (unpaired) electrons. The average Bonchev–Trinajstić information content (AvgIpc) is 2.62. The van der Waals surface area contributed by atoms with Crippen molar-refractivity contribution in [2.24, 2.45) is 0 Å². The molecule has 0 atom stereocenters. The maximum Gasteiger partial charge on any atom is 0.142 e. The molecule has 1 saturated carbocycles. The third-order valence-electron chi connectivity index (χ3n) is 5.20. The number of hydrogen-bond acceptors (Lipinski definition) is 4. The predicted molar refractivity (Wildman–Crippen MR) is 108 cm³/mol. The highest BCUT2D eigenvalue weighted by molar-refractivity contribution is 5.67.